The van der Waals surface area contributed by atoms with E-state index in [-0.39, 0.29) is 0 Å². The zero-order valence-corrected chi connectivity index (χ0v) is 11.0. The van der Waals surface area contributed by atoms with Crippen LogP contribution >= 0.6 is 0 Å². The Balaban J connectivity index is 1.83. The third-order valence-corrected chi connectivity index (χ3v) is 2.59. The summed E-state index contributed by atoms with van der Waals surface area (Å²) in [7, 11) is 0. The number of carbonyl (C=O) groups excluding carboxylic acids is 3. The third-order valence-electron chi connectivity index (χ3n) is 2.59. The Hall–Kier alpha value is -3.15. The Morgan fingerprint density at radius 2 is 1.10 bits per heavy atom. The van der Waals surface area contributed by atoms with Crippen molar-refractivity contribution in [1.82, 2.24) is 16.2 Å². The predicted octanol–water partition coefficient (Wildman–Crippen LogP) is 1.47. The zero-order valence-electron chi connectivity index (χ0n) is 11.0. The van der Waals surface area contributed by atoms with E-state index in [0.717, 1.165) is 0 Å². The van der Waals surface area contributed by atoms with Gasteiger partial charge in [0.2, 0.25) is 0 Å². The van der Waals surface area contributed by atoms with Crippen LogP contribution in [-0.4, -0.2) is 17.8 Å². The van der Waals surface area contributed by atoms with Crippen LogP contribution in [-0.2, 0) is 0 Å². The van der Waals surface area contributed by atoms with Crippen LogP contribution in [0.3, 0.4) is 0 Å². The third kappa shape index (κ3) is 4.17. The molecule has 0 saturated heterocycles. The first-order chi connectivity index (χ1) is 10.2. The van der Waals surface area contributed by atoms with Crippen molar-refractivity contribution < 1.29 is 14.4 Å². The quantitative estimate of drug-likeness (QED) is 0.729. The molecular weight excluding hydrogens is 270 g/mol. The molecule has 6 nitrogen and oxygen atoms in total. The summed E-state index contributed by atoms with van der Waals surface area (Å²) in [5, 5.41) is 2.10. The fraction of sp³-hybridized carbons (Fsp3) is 0. The number of urea groups is 1. The van der Waals surface area contributed by atoms with E-state index >= 15 is 0 Å². The number of benzene rings is 2. The molecule has 0 aromatic heterocycles. The topological polar surface area (TPSA) is 87.3 Å². The van der Waals surface area contributed by atoms with E-state index in [1.165, 1.54) is 0 Å². The monoisotopic (exact) mass is 283 g/mol. The van der Waals surface area contributed by atoms with E-state index in [9.17, 15) is 14.4 Å². The first-order valence-electron chi connectivity index (χ1n) is 6.18. The molecule has 21 heavy (non-hydrogen) atoms. The Bertz CT molecular complexity index is 642. The average molecular weight is 283 g/mol. The average Bonchev–Trinajstić information content (AvgIpc) is 2.54. The lowest BCUT2D eigenvalue weighted by molar-refractivity contribution is 0.0918. The molecule has 2 rings (SSSR count). The number of rotatable bonds is 2. The van der Waals surface area contributed by atoms with E-state index in [0.29, 0.717) is 11.1 Å². The van der Waals surface area contributed by atoms with Gasteiger partial charge >= 0.3 is 6.03 Å². The molecule has 0 fully saturated rings. The Morgan fingerprint density at radius 1 is 0.619 bits per heavy atom. The molecule has 2 aromatic rings. The molecule has 0 spiro atoms. The normalized spacial score (nSPS) is 9.52. The summed E-state index contributed by atoms with van der Waals surface area (Å²) < 4.78 is 0. The minimum atomic E-state index is -0.812. The number of nitrogens with one attached hydrogen (secondary N) is 3. The Morgan fingerprint density at radius 3 is 1.62 bits per heavy atom. The Labute approximate surface area is 121 Å². The van der Waals surface area contributed by atoms with E-state index in [1.54, 1.807) is 60.7 Å². The minimum Gasteiger partial charge on any atom is -0.273 e. The van der Waals surface area contributed by atoms with E-state index < -0.39 is 17.8 Å². The number of hydrazine groups is 1. The highest BCUT2D eigenvalue weighted by Crippen LogP contribution is 1.98. The number of amides is 4. The fourth-order valence-corrected chi connectivity index (χ4v) is 1.57. The van der Waals surface area contributed by atoms with E-state index in [4.69, 9.17) is 0 Å². The second-order valence-electron chi connectivity index (χ2n) is 4.09. The van der Waals surface area contributed by atoms with Crippen LogP contribution in [0.4, 0.5) is 4.79 Å². The van der Waals surface area contributed by atoms with Gasteiger partial charge in [-0.25, -0.2) is 10.2 Å². The molecule has 0 unspecified atom stereocenters. The van der Waals surface area contributed by atoms with E-state index in [2.05, 4.69) is 16.2 Å². The molecule has 2 aromatic carbocycles. The van der Waals surface area contributed by atoms with Crippen molar-refractivity contribution in [2.75, 3.05) is 0 Å². The molecular formula is C15H13N3O3. The minimum absolute atomic E-state index is 0.349. The fourth-order valence-electron chi connectivity index (χ4n) is 1.57. The van der Waals surface area contributed by atoms with Gasteiger partial charge < -0.3 is 0 Å². The van der Waals surface area contributed by atoms with Gasteiger partial charge in [0.1, 0.15) is 0 Å². The molecule has 3 N–H and O–H groups in total. The highest BCUT2D eigenvalue weighted by Gasteiger charge is 2.10. The van der Waals surface area contributed by atoms with Crippen LogP contribution in [0.15, 0.2) is 60.7 Å². The lowest BCUT2D eigenvalue weighted by Crippen LogP contribution is -2.48. The van der Waals surface area contributed by atoms with E-state index in [1.807, 2.05) is 0 Å². The highest BCUT2D eigenvalue weighted by atomic mass is 16.2. The van der Waals surface area contributed by atoms with Crippen molar-refractivity contribution >= 4 is 17.8 Å². The maximum Gasteiger partial charge on any atom is 0.340 e. The van der Waals surface area contributed by atoms with Gasteiger partial charge in [-0.1, -0.05) is 36.4 Å². The molecule has 0 radical (unpaired) electrons. The standard InChI is InChI=1S/C15H13N3O3/c19-13(11-7-3-1-4-8-11)16-15(21)18-17-14(20)12-9-5-2-6-10-12/h1-10H,(H,17,20)(H2,16,18,19,21). The second kappa shape index (κ2) is 6.85. The first-order valence-corrected chi connectivity index (χ1v) is 6.18. The van der Waals surface area contributed by atoms with Gasteiger partial charge in [-0.3, -0.25) is 20.3 Å². The van der Waals surface area contributed by atoms with Gasteiger partial charge in [-0.15, -0.1) is 0 Å². The molecule has 106 valence electrons. The number of hydrogen-bond acceptors (Lipinski definition) is 3. The van der Waals surface area contributed by atoms with Crippen molar-refractivity contribution in [3.8, 4) is 0 Å². The summed E-state index contributed by atoms with van der Waals surface area (Å²) >= 11 is 0. The molecule has 0 bridgehead atoms. The molecule has 4 amide bonds. The van der Waals surface area contributed by atoms with Crippen molar-refractivity contribution in [1.29, 1.82) is 0 Å². The number of carbonyl (C=O) groups is 3. The molecule has 0 aliphatic carbocycles. The highest BCUT2D eigenvalue weighted by molar-refractivity contribution is 6.04. The summed E-state index contributed by atoms with van der Waals surface area (Å²) in [5.74, 6) is -1.03. The molecule has 0 saturated carbocycles. The van der Waals surface area contributed by atoms with Crippen molar-refractivity contribution in [2.24, 2.45) is 0 Å². The smallest absolute Gasteiger partial charge is 0.273 e. The van der Waals surface area contributed by atoms with Crippen LogP contribution in [0.5, 0.6) is 0 Å². The summed E-state index contributed by atoms with van der Waals surface area (Å²) in [4.78, 5) is 34.9. The molecule has 0 aliphatic rings. The van der Waals surface area contributed by atoms with Crippen LogP contribution in [0.25, 0.3) is 0 Å². The maximum absolute atomic E-state index is 11.7. The maximum atomic E-state index is 11.7. The lowest BCUT2D eigenvalue weighted by atomic mass is 10.2. The van der Waals surface area contributed by atoms with Gasteiger partial charge in [-0.05, 0) is 24.3 Å². The van der Waals surface area contributed by atoms with Crippen molar-refractivity contribution in [2.45, 2.75) is 0 Å². The second-order valence-corrected chi connectivity index (χ2v) is 4.09. The van der Waals surface area contributed by atoms with Crippen LogP contribution in [0, 0.1) is 0 Å². The van der Waals surface area contributed by atoms with Crippen molar-refractivity contribution in [3.05, 3.63) is 71.8 Å². The van der Waals surface area contributed by atoms with Gasteiger partial charge in [0.05, 0.1) is 0 Å². The largest absolute Gasteiger partial charge is 0.340 e. The summed E-state index contributed by atoms with van der Waals surface area (Å²) in [6.45, 7) is 0. The Kier molecular flexibility index (Phi) is 4.66. The van der Waals surface area contributed by atoms with Crippen LogP contribution < -0.4 is 16.2 Å². The van der Waals surface area contributed by atoms with Gasteiger partial charge in [0.15, 0.2) is 0 Å². The van der Waals surface area contributed by atoms with Gasteiger partial charge in [-0.2, -0.15) is 0 Å². The van der Waals surface area contributed by atoms with Crippen LogP contribution in [0.2, 0.25) is 0 Å². The SMILES string of the molecule is O=C(NNC(=O)c1ccccc1)NC(=O)c1ccccc1. The van der Waals surface area contributed by atoms with Gasteiger partial charge in [0, 0.05) is 11.1 Å². The van der Waals surface area contributed by atoms with Gasteiger partial charge in [0.25, 0.3) is 11.8 Å². The molecule has 6 heteroatoms. The summed E-state index contributed by atoms with van der Waals surface area (Å²) in [5.41, 5.74) is 5.06. The predicted molar refractivity (Wildman–Crippen MR) is 76.3 cm³/mol. The summed E-state index contributed by atoms with van der Waals surface area (Å²) in [6.07, 6.45) is 0. The number of imide groups is 1. The van der Waals surface area contributed by atoms with Crippen molar-refractivity contribution in [3.63, 3.8) is 0 Å². The van der Waals surface area contributed by atoms with Crippen LogP contribution in [0.1, 0.15) is 20.7 Å². The zero-order chi connectivity index (χ0) is 15.1. The summed E-state index contributed by atoms with van der Waals surface area (Å²) in [6, 6.07) is 15.8. The first kappa shape index (κ1) is 14.3. The number of hydrogen-bond donors (Lipinski definition) is 3. The molecule has 0 aliphatic heterocycles. The lowest BCUT2D eigenvalue weighted by Gasteiger charge is -2.08. The molecule has 0 heterocycles. The molecule has 0 atom stereocenters.